The highest BCUT2D eigenvalue weighted by molar-refractivity contribution is 9.11. The summed E-state index contributed by atoms with van der Waals surface area (Å²) < 4.78 is 1.04. The molecule has 0 saturated heterocycles. The summed E-state index contributed by atoms with van der Waals surface area (Å²) in [7, 11) is 1.73. The summed E-state index contributed by atoms with van der Waals surface area (Å²) in [6.45, 7) is 0. The Morgan fingerprint density at radius 3 is 2.80 bits per heavy atom. The predicted octanol–water partition coefficient (Wildman–Crippen LogP) is 2.10. The molecule has 0 fully saturated rings. The van der Waals surface area contributed by atoms with Crippen LogP contribution in [0.3, 0.4) is 0 Å². The molecule has 0 unspecified atom stereocenters. The van der Waals surface area contributed by atoms with Gasteiger partial charge in [-0.2, -0.15) is 0 Å². The molecule has 0 saturated carbocycles. The SMILES string of the molecule is CN(C=O)c1ccc(Br)s1. The van der Waals surface area contributed by atoms with Gasteiger partial charge in [0.05, 0.1) is 8.79 Å². The van der Waals surface area contributed by atoms with E-state index in [4.69, 9.17) is 0 Å². The number of amides is 1. The van der Waals surface area contributed by atoms with E-state index >= 15 is 0 Å². The third kappa shape index (κ3) is 1.58. The first-order chi connectivity index (χ1) is 4.74. The molecule has 4 heteroatoms. The number of hydrogen-bond acceptors (Lipinski definition) is 2. The second kappa shape index (κ2) is 3.16. The summed E-state index contributed by atoms with van der Waals surface area (Å²) in [6, 6.07) is 3.81. The fraction of sp³-hybridized carbons (Fsp3) is 0.167. The van der Waals surface area contributed by atoms with Gasteiger partial charge in [-0.15, -0.1) is 11.3 Å². The van der Waals surface area contributed by atoms with Crippen LogP contribution in [0.2, 0.25) is 0 Å². The first kappa shape index (κ1) is 7.75. The van der Waals surface area contributed by atoms with Crippen molar-refractivity contribution in [2.45, 2.75) is 0 Å². The van der Waals surface area contributed by atoms with Crippen LogP contribution in [0.15, 0.2) is 15.9 Å². The van der Waals surface area contributed by atoms with Crippen LogP contribution in [0, 0.1) is 0 Å². The van der Waals surface area contributed by atoms with Gasteiger partial charge in [0.15, 0.2) is 0 Å². The van der Waals surface area contributed by atoms with E-state index in [-0.39, 0.29) is 0 Å². The normalized spacial score (nSPS) is 9.40. The molecule has 0 bridgehead atoms. The third-order valence-electron chi connectivity index (χ3n) is 1.06. The molecule has 0 N–H and O–H groups in total. The van der Waals surface area contributed by atoms with Gasteiger partial charge in [0.2, 0.25) is 6.41 Å². The van der Waals surface area contributed by atoms with Crippen LogP contribution in [-0.4, -0.2) is 13.5 Å². The van der Waals surface area contributed by atoms with Crippen LogP contribution >= 0.6 is 27.3 Å². The lowest BCUT2D eigenvalue weighted by molar-refractivity contribution is -0.107. The Hall–Kier alpha value is -0.350. The molecule has 10 heavy (non-hydrogen) atoms. The Morgan fingerprint density at radius 2 is 2.40 bits per heavy atom. The number of carbonyl (C=O) groups is 1. The van der Waals surface area contributed by atoms with E-state index in [0.29, 0.717) is 0 Å². The summed E-state index contributed by atoms with van der Waals surface area (Å²) in [5.41, 5.74) is 0. The van der Waals surface area contributed by atoms with Crippen molar-refractivity contribution in [2.75, 3.05) is 11.9 Å². The highest BCUT2D eigenvalue weighted by Crippen LogP contribution is 2.28. The van der Waals surface area contributed by atoms with Crippen molar-refractivity contribution in [1.29, 1.82) is 0 Å². The average Bonchev–Trinajstić information content (AvgIpc) is 2.34. The first-order valence-corrected chi connectivity index (χ1v) is 4.28. The largest absolute Gasteiger partial charge is 0.310 e. The summed E-state index contributed by atoms with van der Waals surface area (Å²) in [5, 5.41) is 0.946. The van der Waals surface area contributed by atoms with Crippen molar-refractivity contribution in [3.05, 3.63) is 15.9 Å². The number of carbonyl (C=O) groups excluding carboxylic acids is 1. The molecule has 0 radical (unpaired) electrons. The van der Waals surface area contributed by atoms with Crippen molar-refractivity contribution in [1.82, 2.24) is 0 Å². The van der Waals surface area contributed by atoms with E-state index in [1.807, 2.05) is 12.1 Å². The summed E-state index contributed by atoms with van der Waals surface area (Å²) in [5.74, 6) is 0. The lowest BCUT2D eigenvalue weighted by Gasteiger charge is -2.04. The molecule has 2 nitrogen and oxygen atoms in total. The minimum Gasteiger partial charge on any atom is -0.310 e. The van der Waals surface area contributed by atoms with Crippen molar-refractivity contribution >= 4 is 38.7 Å². The average molecular weight is 220 g/mol. The van der Waals surface area contributed by atoms with E-state index in [9.17, 15) is 4.79 Å². The zero-order chi connectivity index (χ0) is 7.56. The molecule has 1 amide bonds. The van der Waals surface area contributed by atoms with Crippen LogP contribution in [0.5, 0.6) is 0 Å². The summed E-state index contributed by atoms with van der Waals surface area (Å²) >= 11 is 4.84. The second-order valence-electron chi connectivity index (χ2n) is 1.79. The third-order valence-corrected chi connectivity index (χ3v) is 2.78. The quantitative estimate of drug-likeness (QED) is 0.699. The van der Waals surface area contributed by atoms with E-state index in [2.05, 4.69) is 15.9 Å². The minimum absolute atomic E-state index is 0.790. The van der Waals surface area contributed by atoms with Crippen molar-refractivity contribution in [3.63, 3.8) is 0 Å². The van der Waals surface area contributed by atoms with Gasteiger partial charge < -0.3 is 4.90 Å². The van der Waals surface area contributed by atoms with Crippen LogP contribution in [0.4, 0.5) is 5.00 Å². The molecule has 0 aromatic carbocycles. The van der Waals surface area contributed by atoms with Crippen LogP contribution in [0.1, 0.15) is 0 Å². The van der Waals surface area contributed by atoms with Gasteiger partial charge in [0.1, 0.15) is 0 Å². The molecule has 1 aromatic rings. The molecular formula is C6H6BrNOS. The van der Waals surface area contributed by atoms with Gasteiger partial charge in [-0.05, 0) is 28.1 Å². The van der Waals surface area contributed by atoms with Gasteiger partial charge in [-0.25, -0.2) is 0 Å². The standard InChI is InChI=1S/C6H6BrNOS/c1-8(4-9)6-3-2-5(7)10-6/h2-4H,1H3. The zero-order valence-corrected chi connectivity index (χ0v) is 7.78. The molecule has 1 rings (SSSR count). The number of halogens is 1. The van der Waals surface area contributed by atoms with Crippen LogP contribution in [-0.2, 0) is 4.79 Å². The predicted molar refractivity (Wildman–Crippen MR) is 46.5 cm³/mol. The molecule has 1 aromatic heterocycles. The Balaban J connectivity index is 2.84. The van der Waals surface area contributed by atoms with Gasteiger partial charge >= 0.3 is 0 Å². The number of rotatable bonds is 2. The molecule has 54 valence electrons. The van der Waals surface area contributed by atoms with Gasteiger partial charge in [-0.3, -0.25) is 4.79 Å². The molecule has 0 spiro atoms. The Kier molecular flexibility index (Phi) is 2.45. The Bertz CT molecular complexity index is 235. The first-order valence-electron chi connectivity index (χ1n) is 2.67. The smallest absolute Gasteiger partial charge is 0.214 e. The van der Waals surface area contributed by atoms with Crippen LogP contribution in [0.25, 0.3) is 0 Å². The van der Waals surface area contributed by atoms with Crippen LogP contribution < -0.4 is 4.90 Å². The number of hydrogen-bond donors (Lipinski definition) is 0. The maximum Gasteiger partial charge on any atom is 0.214 e. The van der Waals surface area contributed by atoms with E-state index in [1.165, 1.54) is 16.2 Å². The van der Waals surface area contributed by atoms with E-state index in [0.717, 1.165) is 15.2 Å². The summed E-state index contributed by atoms with van der Waals surface area (Å²) in [4.78, 5) is 11.8. The highest BCUT2D eigenvalue weighted by atomic mass is 79.9. The number of nitrogens with zero attached hydrogens (tertiary/aromatic N) is 1. The van der Waals surface area contributed by atoms with Gasteiger partial charge in [-0.1, -0.05) is 0 Å². The number of thiophene rings is 1. The lowest BCUT2D eigenvalue weighted by Crippen LogP contribution is -2.11. The lowest BCUT2D eigenvalue weighted by atomic mass is 10.6. The van der Waals surface area contributed by atoms with Crippen molar-refractivity contribution in [2.24, 2.45) is 0 Å². The van der Waals surface area contributed by atoms with E-state index < -0.39 is 0 Å². The minimum atomic E-state index is 0.790. The molecule has 0 atom stereocenters. The fourth-order valence-corrected chi connectivity index (χ4v) is 1.83. The molecule has 0 aliphatic rings. The van der Waals surface area contributed by atoms with Crippen molar-refractivity contribution in [3.8, 4) is 0 Å². The Labute approximate surface area is 71.6 Å². The molecule has 0 aliphatic heterocycles. The Morgan fingerprint density at radius 1 is 1.70 bits per heavy atom. The monoisotopic (exact) mass is 219 g/mol. The second-order valence-corrected chi connectivity index (χ2v) is 4.24. The number of anilines is 1. The highest BCUT2D eigenvalue weighted by Gasteiger charge is 2.00. The maximum atomic E-state index is 10.2. The summed E-state index contributed by atoms with van der Waals surface area (Å²) in [6.07, 6.45) is 0.790. The topological polar surface area (TPSA) is 20.3 Å². The van der Waals surface area contributed by atoms with E-state index in [1.54, 1.807) is 7.05 Å². The molecular weight excluding hydrogens is 214 g/mol. The molecule has 1 heterocycles. The zero-order valence-electron chi connectivity index (χ0n) is 5.37. The maximum absolute atomic E-state index is 10.2. The van der Waals surface area contributed by atoms with Crippen molar-refractivity contribution < 1.29 is 4.79 Å². The fourth-order valence-electron chi connectivity index (χ4n) is 0.546. The van der Waals surface area contributed by atoms with Gasteiger partial charge in [0, 0.05) is 7.05 Å². The van der Waals surface area contributed by atoms with Gasteiger partial charge in [0.25, 0.3) is 0 Å². The molecule has 0 aliphatic carbocycles.